The Morgan fingerprint density at radius 1 is 1.59 bits per heavy atom. The summed E-state index contributed by atoms with van der Waals surface area (Å²) in [5.74, 6) is -1.38. The van der Waals surface area contributed by atoms with E-state index in [1.54, 1.807) is 0 Å². The van der Waals surface area contributed by atoms with Crippen LogP contribution in [0.15, 0.2) is 11.8 Å². The first-order valence-corrected chi connectivity index (χ1v) is 5.14. The largest absolute Gasteiger partial charge is 0.384 e. The molecule has 0 aromatic heterocycles. The van der Waals surface area contributed by atoms with Gasteiger partial charge in [0, 0.05) is 12.8 Å². The Morgan fingerprint density at radius 3 is 2.82 bits per heavy atom. The summed E-state index contributed by atoms with van der Waals surface area (Å²) in [4.78, 5) is 11.0. The van der Waals surface area contributed by atoms with E-state index in [4.69, 9.17) is 26.9 Å². The number of rotatable bonds is 4. The molecule has 1 amide bonds. The van der Waals surface area contributed by atoms with Crippen LogP contribution < -0.4 is 16.8 Å². The Balaban J connectivity index is 2.70. The highest BCUT2D eigenvalue weighted by Crippen LogP contribution is 2.14. The summed E-state index contributed by atoms with van der Waals surface area (Å²) in [5, 5.41) is 18.9. The monoisotopic (exact) mass is 237 g/mol. The molecule has 0 aromatic rings. The van der Waals surface area contributed by atoms with Crippen molar-refractivity contribution < 1.29 is 9.53 Å². The van der Waals surface area contributed by atoms with E-state index < -0.39 is 11.7 Å². The Morgan fingerprint density at radius 2 is 2.29 bits per heavy atom. The maximum Gasteiger partial charge on any atom is 0.253 e. The molecule has 2 atom stereocenters. The molecule has 7 nitrogen and oxygen atoms in total. The van der Waals surface area contributed by atoms with Crippen LogP contribution in [0.1, 0.15) is 6.42 Å². The molecule has 0 saturated carbocycles. The van der Waals surface area contributed by atoms with Gasteiger partial charge in [-0.1, -0.05) is 0 Å². The first-order chi connectivity index (χ1) is 8.06. The number of nitrogens with zero attached hydrogens (tertiary/aromatic N) is 1. The fourth-order valence-electron chi connectivity index (χ4n) is 1.53. The lowest BCUT2D eigenvalue weighted by molar-refractivity contribution is -0.114. The standard InChI is InChI=1S/C10H15N5O2/c11-3-6-1-2-17-5-8(6)15-4-7(9(12)13)10(14)16/h4,6,8,15H,1-2,5H2,(H3,12,13)(H2,14,16)/b7-4+/t6-,8?/m0/s1. The van der Waals surface area contributed by atoms with Crippen molar-refractivity contribution >= 4 is 11.7 Å². The molecule has 1 aliphatic heterocycles. The third-order valence-electron chi connectivity index (χ3n) is 2.52. The zero-order chi connectivity index (χ0) is 12.8. The fourth-order valence-corrected chi connectivity index (χ4v) is 1.53. The van der Waals surface area contributed by atoms with Crippen molar-refractivity contribution in [1.29, 1.82) is 10.7 Å². The molecule has 92 valence electrons. The van der Waals surface area contributed by atoms with Crippen molar-refractivity contribution in [3.63, 3.8) is 0 Å². The lowest BCUT2D eigenvalue weighted by atomic mass is 9.96. The van der Waals surface area contributed by atoms with Crippen LogP contribution in [-0.4, -0.2) is 31.0 Å². The van der Waals surface area contributed by atoms with E-state index in [-0.39, 0.29) is 17.5 Å². The third kappa shape index (κ3) is 3.46. The number of nitriles is 1. The van der Waals surface area contributed by atoms with Gasteiger partial charge < -0.3 is 21.5 Å². The van der Waals surface area contributed by atoms with E-state index in [2.05, 4.69) is 11.4 Å². The Labute approximate surface area is 98.9 Å². The number of ether oxygens (including phenoxy) is 1. The van der Waals surface area contributed by atoms with Crippen LogP contribution >= 0.6 is 0 Å². The number of nitrogens with two attached hydrogens (primary N) is 2. The highest BCUT2D eigenvalue weighted by atomic mass is 16.5. The van der Waals surface area contributed by atoms with Gasteiger partial charge in [0.15, 0.2) is 0 Å². The van der Waals surface area contributed by atoms with E-state index in [0.717, 1.165) is 0 Å². The van der Waals surface area contributed by atoms with Crippen LogP contribution in [0, 0.1) is 22.7 Å². The number of amidine groups is 1. The summed E-state index contributed by atoms with van der Waals surface area (Å²) < 4.78 is 5.22. The van der Waals surface area contributed by atoms with Gasteiger partial charge in [0.25, 0.3) is 5.91 Å². The van der Waals surface area contributed by atoms with E-state index >= 15 is 0 Å². The maximum absolute atomic E-state index is 11.0. The smallest absolute Gasteiger partial charge is 0.253 e. The minimum absolute atomic E-state index is 0.104. The van der Waals surface area contributed by atoms with Gasteiger partial charge in [0.2, 0.25) is 0 Å². The molecular formula is C10H15N5O2. The van der Waals surface area contributed by atoms with Crippen LogP contribution in [0.3, 0.4) is 0 Å². The molecule has 6 N–H and O–H groups in total. The number of hydrogen-bond donors (Lipinski definition) is 4. The SMILES string of the molecule is N#C[C@@H]1CCOCC1N/C=C(\C(=N)N)C(N)=O. The second-order valence-corrected chi connectivity index (χ2v) is 3.71. The lowest BCUT2D eigenvalue weighted by Crippen LogP contribution is -2.41. The van der Waals surface area contributed by atoms with Crippen LogP contribution in [0.2, 0.25) is 0 Å². The van der Waals surface area contributed by atoms with Crippen molar-refractivity contribution in [1.82, 2.24) is 5.32 Å². The molecule has 0 radical (unpaired) electrons. The lowest BCUT2D eigenvalue weighted by Gasteiger charge is -2.27. The molecule has 1 rings (SSSR count). The fraction of sp³-hybridized carbons (Fsp3) is 0.500. The minimum Gasteiger partial charge on any atom is -0.384 e. The maximum atomic E-state index is 11.0. The van der Waals surface area contributed by atoms with Crippen molar-refractivity contribution in [2.45, 2.75) is 12.5 Å². The zero-order valence-corrected chi connectivity index (χ0v) is 9.27. The van der Waals surface area contributed by atoms with E-state index in [9.17, 15) is 4.79 Å². The highest BCUT2D eigenvalue weighted by molar-refractivity contribution is 6.18. The van der Waals surface area contributed by atoms with E-state index in [1.165, 1.54) is 6.20 Å². The van der Waals surface area contributed by atoms with Crippen molar-refractivity contribution in [3.8, 4) is 6.07 Å². The van der Waals surface area contributed by atoms with Crippen LogP contribution in [0.25, 0.3) is 0 Å². The van der Waals surface area contributed by atoms with Gasteiger partial charge in [0.1, 0.15) is 5.84 Å². The summed E-state index contributed by atoms with van der Waals surface area (Å²) in [5.41, 5.74) is 10.2. The van der Waals surface area contributed by atoms with Crippen molar-refractivity contribution in [2.24, 2.45) is 17.4 Å². The molecule has 0 aromatic carbocycles. The quantitative estimate of drug-likeness (QED) is 0.276. The summed E-state index contributed by atoms with van der Waals surface area (Å²) in [7, 11) is 0. The van der Waals surface area contributed by atoms with E-state index in [0.29, 0.717) is 19.6 Å². The average molecular weight is 237 g/mol. The van der Waals surface area contributed by atoms with Gasteiger partial charge >= 0.3 is 0 Å². The predicted octanol–water partition coefficient (Wildman–Crippen LogP) is -1.19. The molecule has 1 aliphatic rings. The molecule has 1 saturated heterocycles. The number of amides is 1. The number of hydrogen-bond acceptors (Lipinski definition) is 5. The van der Waals surface area contributed by atoms with Crippen LogP contribution in [0.5, 0.6) is 0 Å². The van der Waals surface area contributed by atoms with Crippen molar-refractivity contribution in [2.75, 3.05) is 13.2 Å². The number of carbonyl (C=O) groups is 1. The Hall–Kier alpha value is -2.07. The normalized spacial score (nSPS) is 24.8. The molecule has 0 spiro atoms. The average Bonchev–Trinajstić information content (AvgIpc) is 2.29. The highest BCUT2D eigenvalue weighted by Gasteiger charge is 2.24. The minimum atomic E-state index is -0.782. The predicted molar refractivity (Wildman–Crippen MR) is 60.7 cm³/mol. The van der Waals surface area contributed by atoms with Crippen LogP contribution in [-0.2, 0) is 9.53 Å². The van der Waals surface area contributed by atoms with Crippen molar-refractivity contribution in [3.05, 3.63) is 11.8 Å². The van der Waals surface area contributed by atoms with Gasteiger partial charge in [0.05, 0.1) is 30.2 Å². The number of primary amides is 1. The molecular weight excluding hydrogens is 222 g/mol. The van der Waals surface area contributed by atoms with Gasteiger partial charge in [-0.3, -0.25) is 10.2 Å². The summed E-state index contributed by atoms with van der Waals surface area (Å²) in [6.45, 7) is 0.925. The Bertz CT molecular complexity index is 369. The molecule has 0 bridgehead atoms. The second-order valence-electron chi connectivity index (χ2n) is 3.71. The molecule has 0 aliphatic carbocycles. The zero-order valence-electron chi connectivity index (χ0n) is 9.27. The van der Waals surface area contributed by atoms with E-state index in [1.807, 2.05) is 0 Å². The molecule has 7 heteroatoms. The summed E-state index contributed by atoms with van der Waals surface area (Å²) >= 11 is 0. The summed E-state index contributed by atoms with van der Waals surface area (Å²) in [6, 6.07) is 1.94. The second kappa shape index (κ2) is 5.86. The van der Waals surface area contributed by atoms with Gasteiger partial charge in [-0.15, -0.1) is 0 Å². The van der Waals surface area contributed by atoms with Gasteiger partial charge in [-0.25, -0.2) is 0 Å². The number of nitrogens with one attached hydrogen (secondary N) is 2. The molecule has 1 heterocycles. The first-order valence-electron chi connectivity index (χ1n) is 5.14. The summed E-state index contributed by atoms with van der Waals surface area (Å²) in [6.07, 6.45) is 1.91. The topological polar surface area (TPSA) is 138 Å². The Kier molecular flexibility index (Phi) is 4.48. The van der Waals surface area contributed by atoms with Crippen LogP contribution in [0.4, 0.5) is 0 Å². The number of carbonyl (C=O) groups excluding carboxylic acids is 1. The molecule has 1 fully saturated rings. The molecule has 17 heavy (non-hydrogen) atoms. The first kappa shape index (κ1) is 13.0. The van der Waals surface area contributed by atoms with Gasteiger partial charge in [-0.2, -0.15) is 5.26 Å². The third-order valence-corrected chi connectivity index (χ3v) is 2.52. The van der Waals surface area contributed by atoms with Gasteiger partial charge in [-0.05, 0) is 6.42 Å². The molecule has 1 unspecified atom stereocenters.